The molecule has 0 aliphatic heterocycles. The molecule has 0 bridgehead atoms. The van der Waals surface area contributed by atoms with Crippen LogP contribution in [0.15, 0.2) is 24.6 Å². The molecule has 0 aromatic carbocycles. The number of aromatic amines is 1. The van der Waals surface area contributed by atoms with Gasteiger partial charge in [-0.25, -0.2) is 9.97 Å². The lowest BCUT2D eigenvalue weighted by Crippen LogP contribution is -1.93. The predicted molar refractivity (Wildman–Crippen MR) is 64.6 cm³/mol. The zero-order chi connectivity index (χ0) is 11.5. The normalized spacial score (nSPS) is 12.8. The lowest BCUT2D eigenvalue weighted by Gasteiger charge is -1.99. The van der Waals surface area contributed by atoms with Crippen LogP contribution in [-0.2, 0) is 0 Å². The maximum atomic E-state index is 5.83. The number of fused-ring (bicyclic) bond motifs is 1. The van der Waals surface area contributed by atoms with E-state index >= 15 is 0 Å². The SMILES string of the molecule is C/C=C\C(=C/C)c1[nH]nc2ncnc(N)c12. The number of nitrogens with one attached hydrogen (secondary N) is 1. The van der Waals surface area contributed by atoms with Gasteiger partial charge in [0.05, 0.1) is 11.1 Å². The summed E-state index contributed by atoms with van der Waals surface area (Å²) in [6.45, 7) is 3.92. The summed E-state index contributed by atoms with van der Waals surface area (Å²) in [6.07, 6.45) is 7.34. The van der Waals surface area contributed by atoms with Crippen LogP contribution in [0.1, 0.15) is 19.5 Å². The first-order valence-electron chi connectivity index (χ1n) is 5.01. The minimum atomic E-state index is 0.442. The van der Waals surface area contributed by atoms with Gasteiger partial charge in [0.15, 0.2) is 5.65 Å². The van der Waals surface area contributed by atoms with Gasteiger partial charge < -0.3 is 5.73 Å². The standard InChI is InChI=1S/C11H13N5/c1-3-5-7(4-2)9-8-10(12)13-6-14-11(8)16-15-9/h3-6H,1-2H3,(H3,12,13,14,15,16)/b5-3-,7-4+. The molecule has 0 aliphatic rings. The van der Waals surface area contributed by atoms with Gasteiger partial charge in [-0.2, -0.15) is 5.10 Å². The van der Waals surface area contributed by atoms with Crippen LogP contribution in [0.3, 0.4) is 0 Å². The van der Waals surface area contributed by atoms with Gasteiger partial charge in [-0.1, -0.05) is 18.2 Å². The second-order valence-corrected chi connectivity index (χ2v) is 3.30. The van der Waals surface area contributed by atoms with E-state index in [1.165, 1.54) is 6.33 Å². The summed E-state index contributed by atoms with van der Waals surface area (Å²) in [5, 5.41) is 7.81. The summed E-state index contributed by atoms with van der Waals surface area (Å²) in [4.78, 5) is 8.03. The number of allylic oxidation sites excluding steroid dienone is 4. The minimum Gasteiger partial charge on any atom is -0.383 e. The summed E-state index contributed by atoms with van der Waals surface area (Å²) in [5.41, 5.74) is 8.29. The smallest absolute Gasteiger partial charge is 0.186 e. The zero-order valence-corrected chi connectivity index (χ0v) is 9.23. The first-order chi connectivity index (χ1) is 7.77. The molecular formula is C11H13N5. The summed E-state index contributed by atoms with van der Waals surface area (Å²) in [5.74, 6) is 0.442. The Morgan fingerprint density at radius 1 is 1.38 bits per heavy atom. The Bertz CT molecular complexity index is 565. The summed E-state index contributed by atoms with van der Waals surface area (Å²) in [7, 11) is 0. The largest absolute Gasteiger partial charge is 0.383 e. The van der Waals surface area contributed by atoms with Crippen molar-refractivity contribution in [2.45, 2.75) is 13.8 Å². The fourth-order valence-electron chi connectivity index (χ4n) is 1.59. The lowest BCUT2D eigenvalue weighted by molar-refractivity contribution is 1.08. The minimum absolute atomic E-state index is 0.442. The van der Waals surface area contributed by atoms with Gasteiger partial charge in [-0.05, 0) is 19.4 Å². The maximum Gasteiger partial charge on any atom is 0.186 e. The van der Waals surface area contributed by atoms with Crippen molar-refractivity contribution in [1.82, 2.24) is 20.2 Å². The lowest BCUT2D eigenvalue weighted by atomic mass is 10.1. The van der Waals surface area contributed by atoms with Crippen LogP contribution in [0.2, 0.25) is 0 Å². The van der Waals surface area contributed by atoms with Crippen molar-refractivity contribution in [2.75, 3.05) is 5.73 Å². The van der Waals surface area contributed by atoms with E-state index < -0.39 is 0 Å². The number of rotatable bonds is 2. The van der Waals surface area contributed by atoms with E-state index in [9.17, 15) is 0 Å². The number of hydrogen-bond acceptors (Lipinski definition) is 4. The number of nitrogen functional groups attached to an aromatic ring is 1. The van der Waals surface area contributed by atoms with E-state index in [0.717, 1.165) is 16.7 Å². The third kappa shape index (κ3) is 1.56. The highest BCUT2D eigenvalue weighted by atomic mass is 15.2. The average Bonchev–Trinajstić information content (AvgIpc) is 2.71. The number of nitrogens with two attached hydrogens (primary N) is 1. The van der Waals surface area contributed by atoms with Gasteiger partial charge in [0, 0.05) is 0 Å². The molecule has 5 nitrogen and oxygen atoms in total. The van der Waals surface area contributed by atoms with Gasteiger partial charge >= 0.3 is 0 Å². The van der Waals surface area contributed by atoms with E-state index in [4.69, 9.17) is 5.73 Å². The third-order valence-electron chi connectivity index (χ3n) is 2.33. The van der Waals surface area contributed by atoms with Crippen LogP contribution >= 0.6 is 0 Å². The summed E-state index contributed by atoms with van der Waals surface area (Å²) in [6, 6.07) is 0. The summed E-state index contributed by atoms with van der Waals surface area (Å²) >= 11 is 0. The Labute approximate surface area is 93.1 Å². The van der Waals surface area contributed by atoms with Crippen LogP contribution < -0.4 is 5.73 Å². The van der Waals surface area contributed by atoms with Crippen molar-refractivity contribution in [2.24, 2.45) is 0 Å². The molecule has 5 heteroatoms. The Morgan fingerprint density at radius 2 is 2.19 bits per heavy atom. The quantitative estimate of drug-likeness (QED) is 0.750. The number of nitrogens with zero attached hydrogens (tertiary/aromatic N) is 3. The fourth-order valence-corrected chi connectivity index (χ4v) is 1.59. The predicted octanol–water partition coefficient (Wildman–Crippen LogP) is 1.91. The Kier molecular flexibility index (Phi) is 2.68. The molecule has 0 aliphatic carbocycles. The molecule has 2 rings (SSSR count). The van der Waals surface area contributed by atoms with Gasteiger partial charge in [-0.15, -0.1) is 0 Å². The first kappa shape index (κ1) is 10.4. The van der Waals surface area contributed by atoms with Crippen molar-refractivity contribution in [1.29, 1.82) is 0 Å². The van der Waals surface area contributed by atoms with E-state index in [1.54, 1.807) is 0 Å². The molecule has 0 saturated carbocycles. The van der Waals surface area contributed by atoms with E-state index in [-0.39, 0.29) is 0 Å². The highest BCUT2D eigenvalue weighted by Gasteiger charge is 2.11. The fraction of sp³-hybridized carbons (Fsp3) is 0.182. The average molecular weight is 215 g/mol. The summed E-state index contributed by atoms with van der Waals surface area (Å²) < 4.78 is 0. The van der Waals surface area contributed by atoms with Crippen LogP contribution in [0.4, 0.5) is 5.82 Å². The van der Waals surface area contributed by atoms with Gasteiger partial charge in [-0.3, -0.25) is 5.10 Å². The molecule has 2 heterocycles. The van der Waals surface area contributed by atoms with Crippen LogP contribution in [0.25, 0.3) is 16.6 Å². The van der Waals surface area contributed by atoms with Crippen LogP contribution in [-0.4, -0.2) is 20.2 Å². The second kappa shape index (κ2) is 4.14. The molecule has 3 N–H and O–H groups in total. The molecule has 0 radical (unpaired) electrons. The molecular weight excluding hydrogens is 202 g/mol. The van der Waals surface area contributed by atoms with E-state index in [0.29, 0.717) is 11.5 Å². The van der Waals surface area contributed by atoms with E-state index in [1.807, 2.05) is 32.1 Å². The van der Waals surface area contributed by atoms with E-state index in [2.05, 4.69) is 20.2 Å². The van der Waals surface area contributed by atoms with Gasteiger partial charge in [0.1, 0.15) is 12.1 Å². The Balaban J connectivity index is 2.70. The topological polar surface area (TPSA) is 80.5 Å². The number of aromatic nitrogens is 4. The van der Waals surface area contributed by atoms with Crippen molar-refractivity contribution in [3.8, 4) is 0 Å². The Morgan fingerprint density at radius 3 is 2.88 bits per heavy atom. The zero-order valence-electron chi connectivity index (χ0n) is 9.23. The van der Waals surface area contributed by atoms with Crippen molar-refractivity contribution in [3.63, 3.8) is 0 Å². The van der Waals surface area contributed by atoms with Crippen molar-refractivity contribution >= 4 is 22.4 Å². The van der Waals surface area contributed by atoms with Gasteiger partial charge in [0.25, 0.3) is 0 Å². The molecule has 0 atom stereocenters. The second-order valence-electron chi connectivity index (χ2n) is 3.30. The molecule has 0 amide bonds. The van der Waals surface area contributed by atoms with Crippen molar-refractivity contribution < 1.29 is 0 Å². The molecule has 16 heavy (non-hydrogen) atoms. The number of H-pyrrole nitrogens is 1. The molecule has 82 valence electrons. The van der Waals surface area contributed by atoms with Gasteiger partial charge in [0.2, 0.25) is 0 Å². The van der Waals surface area contributed by atoms with Crippen LogP contribution in [0, 0.1) is 0 Å². The molecule has 0 fully saturated rings. The van der Waals surface area contributed by atoms with Crippen LogP contribution in [0.5, 0.6) is 0 Å². The third-order valence-corrected chi connectivity index (χ3v) is 2.33. The molecule has 0 saturated heterocycles. The maximum absolute atomic E-state index is 5.83. The number of hydrogen-bond donors (Lipinski definition) is 2. The highest BCUT2D eigenvalue weighted by molar-refractivity contribution is 5.96. The molecule has 2 aromatic heterocycles. The number of anilines is 1. The first-order valence-corrected chi connectivity index (χ1v) is 5.01. The van der Waals surface area contributed by atoms with Crippen molar-refractivity contribution in [3.05, 3.63) is 30.2 Å². The monoisotopic (exact) mass is 215 g/mol. The highest BCUT2D eigenvalue weighted by Crippen LogP contribution is 2.25. The molecule has 0 spiro atoms. The Hall–Kier alpha value is -2.17. The molecule has 2 aromatic rings. The molecule has 0 unspecified atom stereocenters.